The third-order valence-corrected chi connectivity index (χ3v) is 1.49. The third kappa shape index (κ3) is 3.25. The van der Waals surface area contributed by atoms with E-state index < -0.39 is 0 Å². The first-order valence-corrected chi connectivity index (χ1v) is 3.28. The number of aliphatic hydroxyl groups excluding tert-OH is 1. The van der Waals surface area contributed by atoms with Gasteiger partial charge in [-0.1, -0.05) is 13.8 Å². The van der Waals surface area contributed by atoms with Crippen LogP contribution in [0, 0.1) is 11.8 Å². The van der Waals surface area contributed by atoms with Gasteiger partial charge in [0, 0.05) is 12.5 Å². The Labute approximate surface area is 55.9 Å². The summed E-state index contributed by atoms with van der Waals surface area (Å²) in [6.45, 7) is 4.07. The van der Waals surface area contributed by atoms with Crippen LogP contribution >= 0.6 is 0 Å². The monoisotopic (exact) mass is 130 g/mol. The molecule has 1 atom stereocenters. The van der Waals surface area contributed by atoms with Gasteiger partial charge in [-0.15, -0.1) is 0 Å². The number of carbonyl (C=O) groups excluding carboxylic acids is 1. The summed E-state index contributed by atoms with van der Waals surface area (Å²) in [5.41, 5.74) is 0. The second-order valence-electron chi connectivity index (χ2n) is 2.56. The topological polar surface area (TPSA) is 37.3 Å². The standard InChI is InChI=1S/C7H14O2/c1-6(2)7(5-9)3-4-8/h5-8H,3-4H2,1-2H3. The zero-order valence-corrected chi connectivity index (χ0v) is 6.00. The Kier molecular flexibility index (Phi) is 4.32. The Balaban J connectivity index is 3.54. The van der Waals surface area contributed by atoms with Crippen LogP contribution in [0.3, 0.4) is 0 Å². The summed E-state index contributed by atoms with van der Waals surface area (Å²) in [7, 11) is 0. The normalized spacial score (nSPS) is 13.8. The summed E-state index contributed by atoms with van der Waals surface area (Å²) in [5.74, 6) is 0.393. The minimum atomic E-state index is 0.0370. The molecule has 0 aromatic carbocycles. The highest BCUT2D eigenvalue weighted by atomic mass is 16.3. The molecule has 0 aliphatic carbocycles. The number of hydrogen-bond acceptors (Lipinski definition) is 2. The fourth-order valence-electron chi connectivity index (χ4n) is 0.708. The fourth-order valence-corrected chi connectivity index (χ4v) is 0.708. The van der Waals surface area contributed by atoms with Crippen LogP contribution in [-0.2, 0) is 4.79 Å². The molecule has 0 amide bonds. The first-order chi connectivity index (χ1) is 4.22. The van der Waals surface area contributed by atoms with Gasteiger partial charge in [0.2, 0.25) is 0 Å². The average molecular weight is 130 g/mol. The molecular weight excluding hydrogens is 116 g/mol. The number of hydrogen-bond donors (Lipinski definition) is 1. The molecule has 0 spiro atoms. The van der Waals surface area contributed by atoms with Crippen LogP contribution in [0.2, 0.25) is 0 Å². The second kappa shape index (κ2) is 4.50. The number of aliphatic hydroxyl groups is 1. The quantitative estimate of drug-likeness (QED) is 0.572. The van der Waals surface area contributed by atoms with E-state index in [2.05, 4.69) is 0 Å². The van der Waals surface area contributed by atoms with Crippen LogP contribution in [-0.4, -0.2) is 18.0 Å². The molecule has 0 aliphatic heterocycles. The number of aldehydes is 1. The van der Waals surface area contributed by atoms with Crippen LogP contribution in [0.4, 0.5) is 0 Å². The molecule has 0 radical (unpaired) electrons. The largest absolute Gasteiger partial charge is 0.396 e. The van der Waals surface area contributed by atoms with Crippen LogP contribution in [0.5, 0.6) is 0 Å². The molecule has 1 N–H and O–H groups in total. The minimum Gasteiger partial charge on any atom is -0.396 e. The van der Waals surface area contributed by atoms with E-state index in [9.17, 15) is 4.79 Å². The van der Waals surface area contributed by atoms with E-state index in [0.29, 0.717) is 12.3 Å². The van der Waals surface area contributed by atoms with Crippen molar-refractivity contribution in [2.24, 2.45) is 11.8 Å². The molecule has 0 heterocycles. The van der Waals surface area contributed by atoms with Gasteiger partial charge in [0.1, 0.15) is 6.29 Å². The average Bonchev–Trinajstić information content (AvgIpc) is 1.82. The molecule has 54 valence electrons. The molecular formula is C7H14O2. The highest BCUT2D eigenvalue weighted by Gasteiger charge is 2.09. The van der Waals surface area contributed by atoms with Crippen molar-refractivity contribution in [3.63, 3.8) is 0 Å². The zero-order valence-electron chi connectivity index (χ0n) is 6.00. The summed E-state index contributed by atoms with van der Waals surface area (Å²) < 4.78 is 0. The summed E-state index contributed by atoms with van der Waals surface area (Å²) in [6.07, 6.45) is 1.52. The lowest BCUT2D eigenvalue weighted by molar-refractivity contribution is -0.112. The molecule has 2 heteroatoms. The Morgan fingerprint density at radius 2 is 2.11 bits per heavy atom. The van der Waals surface area contributed by atoms with Gasteiger partial charge in [0.15, 0.2) is 0 Å². The van der Waals surface area contributed by atoms with E-state index in [1.165, 1.54) is 0 Å². The molecule has 9 heavy (non-hydrogen) atoms. The fraction of sp³-hybridized carbons (Fsp3) is 0.857. The highest BCUT2D eigenvalue weighted by molar-refractivity contribution is 5.53. The highest BCUT2D eigenvalue weighted by Crippen LogP contribution is 2.10. The molecule has 0 rings (SSSR count). The van der Waals surface area contributed by atoms with Crippen molar-refractivity contribution in [1.29, 1.82) is 0 Å². The molecule has 0 aromatic rings. The molecule has 0 fully saturated rings. The molecule has 0 bridgehead atoms. The van der Waals surface area contributed by atoms with Gasteiger partial charge in [-0.3, -0.25) is 0 Å². The molecule has 0 saturated carbocycles. The van der Waals surface area contributed by atoms with E-state index in [0.717, 1.165) is 6.29 Å². The van der Waals surface area contributed by atoms with Crippen LogP contribution in [0.1, 0.15) is 20.3 Å². The maximum atomic E-state index is 10.2. The van der Waals surface area contributed by atoms with Crippen LogP contribution < -0.4 is 0 Å². The Morgan fingerprint density at radius 3 is 2.22 bits per heavy atom. The SMILES string of the molecule is CC(C)C(C=O)CCO. The molecule has 0 saturated heterocycles. The zero-order chi connectivity index (χ0) is 7.28. The van der Waals surface area contributed by atoms with Crippen molar-refractivity contribution in [2.45, 2.75) is 20.3 Å². The van der Waals surface area contributed by atoms with Gasteiger partial charge in [-0.2, -0.15) is 0 Å². The van der Waals surface area contributed by atoms with E-state index in [-0.39, 0.29) is 12.5 Å². The van der Waals surface area contributed by atoms with Crippen molar-refractivity contribution < 1.29 is 9.90 Å². The van der Waals surface area contributed by atoms with Crippen molar-refractivity contribution in [2.75, 3.05) is 6.61 Å². The predicted octanol–water partition coefficient (Wildman–Crippen LogP) is 0.840. The smallest absolute Gasteiger partial charge is 0.123 e. The van der Waals surface area contributed by atoms with Gasteiger partial charge in [0.25, 0.3) is 0 Å². The van der Waals surface area contributed by atoms with Crippen LogP contribution in [0.25, 0.3) is 0 Å². The number of rotatable bonds is 4. The lowest BCUT2D eigenvalue weighted by Crippen LogP contribution is -2.11. The van der Waals surface area contributed by atoms with Gasteiger partial charge in [0.05, 0.1) is 0 Å². The lowest BCUT2D eigenvalue weighted by Gasteiger charge is -2.10. The lowest BCUT2D eigenvalue weighted by atomic mass is 9.95. The second-order valence-corrected chi connectivity index (χ2v) is 2.56. The molecule has 0 aliphatic rings. The molecule has 0 aromatic heterocycles. The summed E-state index contributed by atoms with van der Waals surface area (Å²) in [5, 5.41) is 8.46. The number of carbonyl (C=O) groups is 1. The summed E-state index contributed by atoms with van der Waals surface area (Å²) >= 11 is 0. The van der Waals surface area contributed by atoms with Gasteiger partial charge in [-0.25, -0.2) is 0 Å². The Morgan fingerprint density at radius 1 is 1.56 bits per heavy atom. The first-order valence-electron chi connectivity index (χ1n) is 3.28. The minimum absolute atomic E-state index is 0.0370. The predicted molar refractivity (Wildman–Crippen MR) is 36.1 cm³/mol. The Hall–Kier alpha value is -0.370. The van der Waals surface area contributed by atoms with Crippen molar-refractivity contribution in [1.82, 2.24) is 0 Å². The van der Waals surface area contributed by atoms with Crippen molar-refractivity contribution in [3.05, 3.63) is 0 Å². The van der Waals surface area contributed by atoms with Crippen LogP contribution in [0.15, 0.2) is 0 Å². The maximum Gasteiger partial charge on any atom is 0.123 e. The van der Waals surface area contributed by atoms with E-state index in [1.54, 1.807) is 0 Å². The first kappa shape index (κ1) is 8.63. The van der Waals surface area contributed by atoms with Gasteiger partial charge in [-0.05, 0) is 12.3 Å². The van der Waals surface area contributed by atoms with E-state index >= 15 is 0 Å². The Bertz CT molecular complexity index is 79.0. The summed E-state index contributed by atoms with van der Waals surface area (Å²) in [6, 6.07) is 0. The summed E-state index contributed by atoms with van der Waals surface area (Å²) in [4.78, 5) is 10.2. The van der Waals surface area contributed by atoms with E-state index in [1.807, 2.05) is 13.8 Å². The van der Waals surface area contributed by atoms with Gasteiger partial charge < -0.3 is 9.90 Å². The van der Waals surface area contributed by atoms with Crippen molar-refractivity contribution in [3.8, 4) is 0 Å². The molecule has 2 nitrogen and oxygen atoms in total. The third-order valence-electron chi connectivity index (χ3n) is 1.49. The maximum absolute atomic E-state index is 10.2. The molecule has 1 unspecified atom stereocenters. The van der Waals surface area contributed by atoms with Gasteiger partial charge >= 0.3 is 0 Å². The van der Waals surface area contributed by atoms with E-state index in [4.69, 9.17) is 5.11 Å². The van der Waals surface area contributed by atoms with Crippen molar-refractivity contribution >= 4 is 6.29 Å².